The standard InChI is InChI=1S/C13H19F2N/c1-13(2,3)7-6-12(16)10-8-9(14)4-5-11(10)15/h4-5,8,12H,6-7,16H2,1-3H3. The molecule has 0 aliphatic carbocycles. The van der Waals surface area contributed by atoms with Crippen molar-refractivity contribution in [1.29, 1.82) is 0 Å². The summed E-state index contributed by atoms with van der Waals surface area (Å²) in [5.74, 6) is -0.870. The van der Waals surface area contributed by atoms with E-state index in [-0.39, 0.29) is 11.0 Å². The molecule has 0 heterocycles. The maximum absolute atomic E-state index is 13.4. The number of rotatable bonds is 3. The van der Waals surface area contributed by atoms with Crippen LogP contribution in [0.4, 0.5) is 8.78 Å². The molecule has 0 aliphatic heterocycles. The van der Waals surface area contributed by atoms with Gasteiger partial charge in [-0.05, 0) is 36.5 Å². The van der Waals surface area contributed by atoms with Gasteiger partial charge in [-0.1, -0.05) is 20.8 Å². The molecule has 0 aromatic heterocycles. The first-order chi connectivity index (χ1) is 7.29. The van der Waals surface area contributed by atoms with Crippen LogP contribution in [0, 0.1) is 17.0 Å². The van der Waals surface area contributed by atoms with Gasteiger partial charge in [0.2, 0.25) is 0 Å². The summed E-state index contributed by atoms with van der Waals surface area (Å²) in [7, 11) is 0. The van der Waals surface area contributed by atoms with Gasteiger partial charge in [0, 0.05) is 11.6 Å². The van der Waals surface area contributed by atoms with Crippen LogP contribution >= 0.6 is 0 Å². The zero-order chi connectivity index (χ0) is 12.3. The summed E-state index contributed by atoms with van der Waals surface area (Å²) in [5, 5.41) is 0. The van der Waals surface area contributed by atoms with E-state index in [0.29, 0.717) is 6.42 Å². The summed E-state index contributed by atoms with van der Waals surface area (Å²) in [5.41, 5.74) is 6.29. The molecule has 2 N–H and O–H groups in total. The Hall–Kier alpha value is -0.960. The van der Waals surface area contributed by atoms with Crippen LogP contribution in [0.25, 0.3) is 0 Å². The maximum atomic E-state index is 13.4. The van der Waals surface area contributed by atoms with Crippen LogP contribution in [0.1, 0.15) is 45.2 Å². The molecule has 3 heteroatoms. The molecule has 0 amide bonds. The van der Waals surface area contributed by atoms with Crippen molar-refractivity contribution < 1.29 is 8.78 Å². The third-order valence-corrected chi connectivity index (χ3v) is 2.56. The fourth-order valence-electron chi connectivity index (χ4n) is 1.54. The highest BCUT2D eigenvalue weighted by Crippen LogP contribution is 2.27. The van der Waals surface area contributed by atoms with E-state index in [2.05, 4.69) is 20.8 Å². The smallest absolute Gasteiger partial charge is 0.128 e. The van der Waals surface area contributed by atoms with E-state index in [0.717, 1.165) is 18.6 Å². The first-order valence-corrected chi connectivity index (χ1v) is 5.50. The largest absolute Gasteiger partial charge is 0.324 e. The van der Waals surface area contributed by atoms with Crippen LogP contribution in [-0.4, -0.2) is 0 Å². The first-order valence-electron chi connectivity index (χ1n) is 5.50. The maximum Gasteiger partial charge on any atom is 0.128 e. The molecular weight excluding hydrogens is 208 g/mol. The number of halogens is 2. The average Bonchev–Trinajstić information content (AvgIpc) is 2.17. The molecule has 16 heavy (non-hydrogen) atoms. The number of hydrogen-bond acceptors (Lipinski definition) is 1. The quantitative estimate of drug-likeness (QED) is 0.835. The minimum absolute atomic E-state index is 0.154. The lowest BCUT2D eigenvalue weighted by Crippen LogP contribution is -2.16. The molecule has 1 aromatic rings. The van der Waals surface area contributed by atoms with Crippen LogP contribution in [0.15, 0.2) is 18.2 Å². The number of hydrogen-bond donors (Lipinski definition) is 1. The molecule has 1 rings (SSSR count). The van der Waals surface area contributed by atoms with E-state index >= 15 is 0 Å². The third-order valence-electron chi connectivity index (χ3n) is 2.56. The van der Waals surface area contributed by atoms with Gasteiger partial charge in [0.25, 0.3) is 0 Å². The summed E-state index contributed by atoms with van der Waals surface area (Å²) in [6.45, 7) is 6.30. The lowest BCUT2D eigenvalue weighted by Gasteiger charge is -2.21. The summed E-state index contributed by atoms with van der Waals surface area (Å²) < 4.78 is 26.4. The topological polar surface area (TPSA) is 26.0 Å². The van der Waals surface area contributed by atoms with Crippen molar-refractivity contribution in [2.75, 3.05) is 0 Å². The van der Waals surface area contributed by atoms with E-state index in [1.54, 1.807) is 0 Å². The van der Waals surface area contributed by atoms with Crippen molar-refractivity contribution in [1.82, 2.24) is 0 Å². The molecule has 1 aromatic carbocycles. The van der Waals surface area contributed by atoms with E-state index in [9.17, 15) is 8.78 Å². The normalized spacial score (nSPS) is 13.9. The fraction of sp³-hybridized carbons (Fsp3) is 0.538. The summed E-state index contributed by atoms with van der Waals surface area (Å²) in [6.07, 6.45) is 1.54. The van der Waals surface area contributed by atoms with Crippen LogP contribution in [0.2, 0.25) is 0 Å². The van der Waals surface area contributed by atoms with E-state index < -0.39 is 17.7 Å². The highest BCUT2D eigenvalue weighted by molar-refractivity contribution is 5.21. The Morgan fingerprint density at radius 1 is 1.25 bits per heavy atom. The van der Waals surface area contributed by atoms with Crippen molar-refractivity contribution in [3.8, 4) is 0 Å². The Kier molecular flexibility index (Phi) is 4.03. The molecule has 90 valence electrons. The lowest BCUT2D eigenvalue weighted by atomic mass is 9.87. The van der Waals surface area contributed by atoms with Gasteiger partial charge in [-0.3, -0.25) is 0 Å². The third kappa shape index (κ3) is 3.89. The van der Waals surface area contributed by atoms with Crippen molar-refractivity contribution in [2.45, 2.75) is 39.7 Å². The van der Waals surface area contributed by atoms with Crippen LogP contribution < -0.4 is 5.73 Å². The lowest BCUT2D eigenvalue weighted by molar-refractivity contribution is 0.347. The SMILES string of the molecule is CC(C)(C)CCC(N)c1cc(F)ccc1F. The zero-order valence-electron chi connectivity index (χ0n) is 10.1. The highest BCUT2D eigenvalue weighted by Gasteiger charge is 2.16. The predicted octanol–water partition coefficient (Wildman–Crippen LogP) is 3.79. The monoisotopic (exact) mass is 227 g/mol. The highest BCUT2D eigenvalue weighted by atomic mass is 19.1. The summed E-state index contributed by atoms with van der Waals surface area (Å²) in [6, 6.07) is 2.98. The van der Waals surface area contributed by atoms with Gasteiger partial charge in [-0.25, -0.2) is 8.78 Å². The molecule has 0 bridgehead atoms. The average molecular weight is 227 g/mol. The Morgan fingerprint density at radius 3 is 2.44 bits per heavy atom. The molecule has 1 nitrogen and oxygen atoms in total. The second-order valence-electron chi connectivity index (χ2n) is 5.37. The molecule has 1 atom stereocenters. The second kappa shape index (κ2) is 4.91. The summed E-state index contributed by atoms with van der Waals surface area (Å²) >= 11 is 0. The molecular formula is C13H19F2N. The van der Waals surface area contributed by atoms with E-state index in [4.69, 9.17) is 5.73 Å². The van der Waals surface area contributed by atoms with Gasteiger partial charge in [0.15, 0.2) is 0 Å². The zero-order valence-corrected chi connectivity index (χ0v) is 10.1. The van der Waals surface area contributed by atoms with Gasteiger partial charge in [-0.15, -0.1) is 0 Å². The predicted molar refractivity (Wildman–Crippen MR) is 62.0 cm³/mol. The Labute approximate surface area is 95.7 Å². The molecule has 1 unspecified atom stereocenters. The van der Waals surface area contributed by atoms with Gasteiger partial charge < -0.3 is 5.73 Å². The van der Waals surface area contributed by atoms with Crippen LogP contribution in [0.3, 0.4) is 0 Å². The van der Waals surface area contributed by atoms with E-state index in [1.165, 1.54) is 6.07 Å². The Morgan fingerprint density at radius 2 is 1.88 bits per heavy atom. The Balaban J connectivity index is 2.73. The fourth-order valence-corrected chi connectivity index (χ4v) is 1.54. The second-order valence-corrected chi connectivity index (χ2v) is 5.37. The minimum Gasteiger partial charge on any atom is -0.324 e. The minimum atomic E-state index is -0.442. The summed E-state index contributed by atoms with van der Waals surface area (Å²) in [4.78, 5) is 0. The van der Waals surface area contributed by atoms with Crippen molar-refractivity contribution in [3.63, 3.8) is 0 Å². The van der Waals surface area contributed by atoms with Crippen molar-refractivity contribution >= 4 is 0 Å². The molecule has 0 radical (unpaired) electrons. The molecule has 0 aliphatic rings. The molecule has 0 spiro atoms. The molecule has 0 saturated heterocycles. The van der Waals surface area contributed by atoms with Gasteiger partial charge in [-0.2, -0.15) is 0 Å². The van der Waals surface area contributed by atoms with E-state index in [1.807, 2.05) is 0 Å². The van der Waals surface area contributed by atoms with Gasteiger partial charge in [0.1, 0.15) is 11.6 Å². The Bertz CT molecular complexity index is 355. The van der Waals surface area contributed by atoms with Crippen molar-refractivity contribution in [3.05, 3.63) is 35.4 Å². The molecule has 0 saturated carbocycles. The van der Waals surface area contributed by atoms with Crippen LogP contribution in [-0.2, 0) is 0 Å². The number of nitrogens with two attached hydrogens (primary N) is 1. The molecule has 0 fully saturated rings. The van der Waals surface area contributed by atoms with Crippen LogP contribution in [0.5, 0.6) is 0 Å². The number of benzene rings is 1. The van der Waals surface area contributed by atoms with Gasteiger partial charge >= 0.3 is 0 Å². The first kappa shape index (κ1) is 13.1. The van der Waals surface area contributed by atoms with Crippen molar-refractivity contribution in [2.24, 2.45) is 11.1 Å². The van der Waals surface area contributed by atoms with Gasteiger partial charge in [0.05, 0.1) is 0 Å².